The summed E-state index contributed by atoms with van der Waals surface area (Å²) in [5, 5.41) is 59.3. The smallest absolute Gasteiger partial charge is 0.331 e. The van der Waals surface area contributed by atoms with Gasteiger partial charge >= 0.3 is 5.97 Å². The number of carbonyl (C=O) groups is 1. The van der Waals surface area contributed by atoms with Gasteiger partial charge in [-0.15, -0.1) is 0 Å². The van der Waals surface area contributed by atoms with Gasteiger partial charge in [0.1, 0.15) is 48.0 Å². The number of esters is 1. The van der Waals surface area contributed by atoms with Crippen LogP contribution in [0.5, 0.6) is 5.75 Å². The standard InChI is InChI=1S/C24H28O12/c25-9-14-17(29)18(30)19(31)23(33-14)35-22-16-13(7-8-32-22)20(21-24(16,10-26)36-21)34-15(28)6-3-11-1-4-12(27)5-2-11/h1-8,13-14,16-23,25-27,29-31H,9-10H2/b6-3+/t13?,14-,16?,17+,18+,19-,20+,21+,22+,23-,24-/m0/s1. The third-order valence-electron chi connectivity index (χ3n) is 7.16. The third-order valence-corrected chi connectivity index (χ3v) is 7.16. The van der Waals surface area contributed by atoms with Gasteiger partial charge in [-0.2, -0.15) is 0 Å². The lowest BCUT2D eigenvalue weighted by molar-refractivity contribution is -0.344. The highest BCUT2D eigenvalue weighted by Gasteiger charge is 2.77. The molecule has 11 atom stereocenters. The fraction of sp³-hybridized carbons (Fsp3) is 0.542. The summed E-state index contributed by atoms with van der Waals surface area (Å²) < 4.78 is 28.3. The van der Waals surface area contributed by atoms with Gasteiger partial charge in [0.05, 0.1) is 25.4 Å². The van der Waals surface area contributed by atoms with E-state index >= 15 is 0 Å². The first kappa shape index (κ1) is 25.1. The van der Waals surface area contributed by atoms with E-state index < -0.39 is 85.8 Å². The number of benzene rings is 1. The number of epoxide rings is 1. The van der Waals surface area contributed by atoms with Gasteiger partial charge < -0.3 is 54.3 Å². The number of aliphatic hydroxyl groups excluding tert-OH is 5. The first-order valence-corrected chi connectivity index (χ1v) is 11.5. The van der Waals surface area contributed by atoms with Gasteiger partial charge in [-0.3, -0.25) is 0 Å². The number of aliphatic hydroxyl groups is 5. The van der Waals surface area contributed by atoms with E-state index in [0.717, 1.165) is 0 Å². The van der Waals surface area contributed by atoms with Crippen LogP contribution in [0.1, 0.15) is 5.56 Å². The van der Waals surface area contributed by atoms with Crippen LogP contribution in [0, 0.1) is 11.8 Å². The first-order chi connectivity index (χ1) is 17.3. The number of fused-ring (bicyclic) bond motifs is 3. The second-order valence-corrected chi connectivity index (χ2v) is 9.25. The van der Waals surface area contributed by atoms with E-state index in [1.807, 2.05) is 0 Å². The summed E-state index contributed by atoms with van der Waals surface area (Å²) in [6.07, 6.45) is -4.18. The van der Waals surface area contributed by atoms with Crippen LogP contribution < -0.4 is 0 Å². The van der Waals surface area contributed by atoms with E-state index in [2.05, 4.69) is 0 Å². The molecule has 0 amide bonds. The highest BCUT2D eigenvalue weighted by molar-refractivity contribution is 5.87. The molecule has 2 saturated heterocycles. The molecule has 1 aliphatic carbocycles. The topological polar surface area (TPSA) is 188 Å². The molecule has 0 bridgehead atoms. The van der Waals surface area contributed by atoms with Crippen LogP contribution in [0.4, 0.5) is 0 Å². The molecule has 196 valence electrons. The molecule has 5 rings (SSSR count). The Morgan fingerprint density at radius 1 is 1.06 bits per heavy atom. The minimum atomic E-state index is -1.64. The molecule has 36 heavy (non-hydrogen) atoms. The maximum atomic E-state index is 12.6. The van der Waals surface area contributed by atoms with Gasteiger partial charge in [0.15, 0.2) is 6.29 Å². The molecular formula is C24H28O12. The van der Waals surface area contributed by atoms with Crippen molar-refractivity contribution in [3.63, 3.8) is 0 Å². The number of phenolic OH excluding ortho intramolecular Hbond substituents is 1. The Morgan fingerprint density at radius 3 is 2.50 bits per heavy atom. The normalized spacial score (nSPS) is 43.0. The van der Waals surface area contributed by atoms with Crippen molar-refractivity contribution in [2.45, 2.75) is 54.8 Å². The van der Waals surface area contributed by atoms with Crippen LogP contribution in [0.2, 0.25) is 0 Å². The van der Waals surface area contributed by atoms with Gasteiger partial charge in [-0.05, 0) is 29.8 Å². The predicted octanol–water partition coefficient (Wildman–Crippen LogP) is -1.62. The van der Waals surface area contributed by atoms with Crippen molar-refractivity contribution < 1.29 is 59.1 Å². The summed E-state index contributed by atoms with van der Waals surface area (Å²) in [5.74, 6) is -1.67. The average Bonchev–Trinajstić information content (AvgIpc) is 3.56. The van der Waals surface area contributed by atoms with E-state index in [-0.39, 0.29) is 5.75 Å². The Labute approximate surface area is 205 Å². The fourth-order valence-corrected chi connectivity index (χ4v) is 5.21. The summed E-state index contributed by atoms with van der Waals surface area (Å²) in [7, 11) is 0. The highest BCUT2D eigenvalue weighted by Crippen LogP contribution is 2.60. The Hall–Kier alpha value is -2.55. The Morgan fingerprint density at radius 2 is 1.81 bits per heavy atom. The third kappa shape index (κ3) is 4.29. The van der Waals surface area contributed by atoms with Crippen molar-refractivity contribution in [2.75, 3.05) is 13.2 Å². The zero-order chi connectivity index (χ0) is 25.6. The lowest BCUT2D eigenvalue weighted by Crippen LogP contribution is -2.60. The summed E-state index contributed by atoms with van der Waals surface area (Å²) in [6.45, 7) is -1.04. The van der Waals surface area contributed by atoms with Gasteiger partial charge in [-0.25, -0.2) is 4.79 Å². The first-order valence-electron chi connectivity index (χ1n) is 11.5. The van der Waals surface area contributed by atoms with Crippen LogP contribution in [-0.2, 0) is 28.5 Å². The van der Waals surface area contributed by atoms with Gasteiger partial charge in [-0.1, -0.05) is 12.1 Å². The van der Waals surface area contributed by atoms with Crippen molar-refractivity contribution in [3.05, 3.63) is 48.2 Å². The molecule has 4 aliphatic rings. The lowest BCUT2D eigenvalue weighted by atomic mass is 9.85. The Balaban J connectivity index is 1.30. The molecule has 3 heterocycles. The van der Waals surface area contributed by atoms with Crippen molar-refractivity contribution >= 4 is 12.0 Å². The van der Waals surface area contributed by atoms with Gasteiger partial charge in [0, 0.05) is 12.0 Å². The van der Waals surface area contributed by atoms with Crippen LogP contribution >= 0.6 is 0 Å². The monoisotopic (exact) mass is 508 g/mol. The number of aromatic hydroxyl groups is 1. The number of phenols is 1. The molecule has 3 fully saturated rings. The van der Waals surface area contributed by atoms with Crippen LogP contribution in [-0.4, -0.2) is 105 Å². The minimum absolute atomic E-state index is 0.102. The van der Waals surface area contributed by atoms with Gasteiger partial charge in [0.25, 0.3) is 0 Å². The number of carbonyl (C=O) groups excluding carboxylic acids is 1. The van der Waals surface area contributed by atoms with E-state index in [9.17, 15) is 35.4 Å². The molecule has 1 aromatic carbocycles. The summed E-state index contributed by atoms with van der Waals surface area (Å²) >= 11 is 0. The van der Waals surface area contributed by atoms with E-state index in [0.29, 0.717) is 5.56 Å². The van der Waals surface area contributed by atoms with Crippen LogP contribution in [0.25, 0.3) is 6.08 Å². The van der Waals surface area contributed by atoms with Gasteiger partial charge in [0.2, 0.25) is 6.29 Å². The number of hydrogen-bond acceptors (Lipinski definition) is 12. The average molecular weight is 508 g/mol. The largest absolute Gasteiger partial charge is 0.508 e. The second kappa shape index (κ2) is 9.72. The Bertz CT molecular complexity index is 1010. The van der Waals surface area contributed by atoms with Crippen molar-refractivity contribution in [3.8, 4) is 5.75 Å². The number of hydrogen-bond donors (Lipinski definition) is 6. The summed E-state index contributed by atoms with van der Waals surface area (Å²) in [5.41, 5.74) is -0.444. The highest BCUT2D eigenvalue weighted by atomic mass is 16.8. The Kier molecular flexibility index (Phi) is 6.78. The molecule has 6 N–H and O–H groups in total. The zero-order valence-electron chi connectivity index (χ0n) is 18.9. The van der Waals surface area contributed by atoms with E-state index in [1.165, 1.54) is 30.5 Å². The molecule has 12 heteroatoms. The molecule has 1 aromatic rings. The van der Waals surface area contributed by atoms with Crippen LogP contribution in [0.3, 0.4) is 0 Å². The molecule has 1 saturated carbocycles. The molecule has 0 radical (unpaired) electrons. The maximum absolute atomic E-state index is 12.6. The second-order valence-electron chi connectivity index (χ2n) is 9.25. The summed E-state index contributed by atoms with van der Waals surface area (Å²) in [4.78, 5) is 12.6. The quantitative estimate of drug-likeness (QED) is 0.141. The van der Waals surface area contributed by atoms with E-state index in [1.54, 1.807) is 18.2 Å². The van der Waals surface area contributed by atoms with Crippen molar-refractivity contribution in [1.29, 1.82) is 0 Å². The van der Waals surface area contributed by atoms with E-state index in [4.69, 9.17) is 23.7 Å². The van der Waals surface area contributed by atoms with Crippen molar-refractivity contribution in [2.24, 2.45) is 11.8 Å². The van der Waals surface area contributed by atoms with Crippen LogP contribution in [0.15, 0.2) is 42.7 Å². The fourth-order valence-electron chi connectivity index (χ4n) is 5.21. The lowest BCUT2D eigenvalue weighted by Gasteiger charge is -2.43. The predicted molar refractivity (Wildman–Crippen MR) is 118 cm³/mol. The summed E-state index contributed by atoms with van der Waals surface area (Å²) in [6, 6.07) is 6.24. The molecular weight excluding hydrogens is 480 g/mol. The molecule has 0 aromatic heterocycles. The molecule has 3 aliphatic heterocycles. The molecule has 12 nitrogen and oxygen atoms in total. The molecule has 2 unspecified atom stereocenters. The number of rotatable bonds is 7. The number of ether oxygens (including phenoxy) is 5. The maximum Gasteiger partial charge on any atom is 0.331 e. The minimum Gasteiger partial charge on any atom is -0.508 e. The zero-order valence-corrected chi connectivity index (χ0v) is 18.9. The molecule has 0 spiro atoms. The van der Waals surface area contributed by atoms with Crippen molar-refractivity contribution in [1.82, 2.24) is 0 Å². The SMILES string of the molecule is O=C(/C=C/c1ccc(O)cc1)O[C@@H]1C2C=CO[C@H](O[C@@H]3O[C@@H](CO)[C@@H](O)[C@@H](O)[C@@H]3O)C2[C@]2(CO)O[C@H]12.